The van der Waals surface area contributed by atoms with Gasteiger partial charge in [-0.2, -0.15) is 0 Å². The molecule has 1 aliphatic heterocycles. The van der Waals surface area contributed by atoms with E-state index in [1.807, 2.05) is 0 Å². The molecule has 3 rings (SSSR count). The highest BCUT2D eigenvalue weighted by Crippen LogP contribution is 2.53. The number of nitrogens with zero attached hydrogens (tertiary/aromatic N) is 1. The third-order valence-corrected chi connectivity index (χ3v) is 5.06. The Kier molecular flexibility index (Phi) is 3.38. The predicted molar refractivity (Wildman–Crippen MR) is 76.5 cm³/mol. The topological polar surface area (TPSA) is 49.4 Å². The van der Waals surface area contributed by atoms with Gasteiger partial charge >= 0.3 is 6.03 Å². The SMILES string of the molecule is CC1(c2ccc(F)c(F)c2)NC(=O)N(CC2CC2(Cl)Cl)C1=O. The number of rotatable bonds is 3. The Hall–Kier alpha value is -1.40. The number of carbonyl (C=O) groups excluding carboxylic acids is 2. The number of alkyl halides is 2. The molecular weight excluding hydrogens is 337 g/mol. The molecule has 1 saturated heterocycles. The summed E-state index contributed by atoms with van der Waals surface area (Å²) in [5.41, 5.74) is -1.27. The summed E-state index contributed by atoms with van der Waals surface area (Å²) in [4.78, 5) is 25.6. The highest BCUT2D eigenvalue weighted by atomic mass is 35.5. The molecule has 3 amide bonds. The van der Waals surface area contributed by atoms with E-state index in [9.17, 15) is 18.4 Å². The Morgan fingerprint density at radius 1 is 1.32 bits per heavy atom. The summed E-state index contributed by atoms with van der Waals surface area (Å²) in [6, 6.07) is 2.49. The van der Waals surface area contributed by atoms with Crippen LogP contribution in [0.25, 0.3) is 0 Å². The van der Waals surface area contributed by atoms with Crippen molar-refractivity contribution in [3.8, 4) is 0 Å². The minimum absolute atomic E-state index is 0.0942. The molecule has 2 atom stereocenters. The molecule has 4 nitrogen and oxygen atoms in total. The number of urea groups is 1. The molecule has 1 N–H and O–H groups in total. The zero-order valence-electron chi connectivity index (χ0n) is 11.5. The van der Waals surface area contributed by atoms with Crippen LogP contribution in [-0.4, -0.2) is 27.7 Å². The van der Waals surface area contributed by atoms with Crippen molar-refractivity contribution in [1.82, 2.24) is 10.2 Å². The van der Waals surface area contributed by atoms with E-state index in [1.54, 1.807) is 0 Å². The first-order chi connectivity index (χ1) is 10.1. The van der Waals surface area contributed by atoms with Crippen LogP contribution in [0.1, 0.15) is 18.9 Å². The van der Waals surface area contributed by atoms with Gasteiger partial charge in [-0.15, -0.1) is 23.2 Å². The maximum Gasteiger partial charge on any atom is 0.325 e. The largest absolute Gasteiger partial charge is 0.325 e. The van der Waals surface area contributed by atoms with Crippen LogP contribution in [0.4, 0.5) is 13.6 Å². The fourth-order valence-corrected chi connectivity index (χ4v) is 3.06. The summed E-state index contributed by atoms with van der Waals surface area (Å²) >= 11 is 11.8. The second-order valence-electron chi connectivity index (χ2n) is 5.76. The van der Waals surface area contributed by atoms with Crippen molar-refractivity contribution < 1.29 is 18.4 Å². The van der Waals surface area contributed by atoms with Gasteiger partial charge in [-0.3, -0.25) is 9.69 Å². The van der Waals surface area contributed by atoms with Crippen molar-refractivity contribution in [3.05, 3.63) is 35.4 Å². The van der Waals surface area contributed by atoms with Crippen LogP contribution in [0.15, 0.2) is 18.2 Å². The molecule has 2 unspecified atom stereocenters. The molecule has 1 saturated carbocycles. The van der Waals surface area contributed by atoms with E-state index in [0.717, 1.165) is 17.0 Å². The number of hydrogen-bond acceptors (Lipinski definition) is 2. The molecular formula is C14H12Cl2F2N2O2. The average Bonchev–Trinajstić information content (AvgIpc) is 2.97. The van der Waals surface area contributed by atoms with Crippen LogP contribution >= 0.6 is 23.2 Å². The van der Waals surface area contributed by atoms with Crippen molar-refractivity contribution in [2.75, 3.05) is 6.54 Å². The molecule has 1 aromatic carbocycles. The first-order valence-corrected chi connectivity index (χ1v) is 7.38. The number of imide groups is 1. The number of benzene rings is 1. The predicted octanol–water partition coefficient (Wildman–Crippen LogP) is 2.93. The minimum atomic E-state index is -1.44. The number of carbonyl (C=O) groups is 2. The molecule has 118 valence electrons. The van der Waals surface area contributed by atoms with Gasteiger partial charge < -0.3 is 5.32 Å². The summed E-state index contributed by atoms with van der Waals surface area (Å²) in [5.74, 6) is -2.83. The van der Waals surface area contributed by atoms with Gasteiger partial charge in [0.25, 0.3) is 5.91 Å². The van der Waals surface area contributed by atoms with Gasteiger partial charge in [0.05, 0.1) is 0 Å². The molecule has 2 fully saturated rings. The Labute approximate surface area is 135 Å². The Morgan fingerprint density at radius 2 is 1.95 bits per heavy atom. The monoisotopic (exact) mass is 348 g/mol. The van der Waals surface area contributed by atoms with E-state index in [-0.39, 0.29) is 18.0 Å². The van der Waals surface area contributed by atoms with Crippen molar-refractivity contribution in [1.29, 1.82) is 0 Å². The van der Waals surface area contributed by atoms with Gasteiger partial charge in [0.15, 0.2) is 11.6 Å². The molecule has 1 aliphatic carbocycles. The van der Waals surface area contributed by atoms with E-state index in [4.69, 9.17) is 23.2 Å². The van der Waals surface area contributed by atoms with Gasteiger partial charge in [-0.1, -0.05) is 6.07 Å². The fourth-order valence-electron chi connectivity index (χ4n) is 2.55. The normalized spacial score (nSPS) is 29.7. The smallest absolute Gasteiger partial charge is 0.319 e. The highest BCUT2D eigenvalue weighted by molar-refractivity contribution is 6.50. The summed E-state index contributed by atoms with van der Waals surface area (Å²) < 4.78 is 25.5. The molecule has 0 spiro atoms. The van der Waals surface area contributed by atoms with E-state index in [1.165, 1.54) is 13.0 Å². The minimum Gasteiger partial charge on any atom is -0.319 e. The third kappa shape index (κ3) is 2.34. The lowest BCUT2D eigenvalue weighted by Crippen LogP contribution is -2.41. The maximum absolute atomic E-state index is 13.4. The summed E-state index contributed by atoms with van der Waals surface area (Å²) in [6.45, 7) is 1.54. The number of amides is 3. The van der Waals surface area contributed by atoms with Gasteiger partial charge in [-0.05, 0) is 31.0 Å². The van der Waals surface area contributed by atoms with Crippen molar-refractivity contribution >= 4 is 35.1 Å². The zero-order valence-corrected chi connectivity index (χ0v) is 13.0. The Balaban J connectivity index is 1.87. The molecule has 0 radical (unpaired) electrons. The zero-order chi connectivity index (χ0) is 16.3. The van der Waals surface area contributed by atoms with Gasteiger partial charge in [-0.25, -0.2) is 13.6 Å². The first-order valence-electron chi connectivity index (χ1n) is 6.62. The van der Waals surface area contributed by atoms with Crippen LogP contribution in [0.5, 0.6) is 0 Å². The number of nitrogens with one attached hydrogen (secondary N) is 1. The standard InChI is InChI=1S/C14H12Cl2F2N2O2/c1-13(7-2-3-9(17)10(18)4-7)11(21)20(12(22)19-13)6-8-5-14(8,15)16/h2-4,8H,5-6H2,1H3,(H,19,22). The van der Waals surface area contributed by atoms with Crippen molar-refractivity contribution in [2.45, 2.75) is 23.2 Å². The van der Waals surface area contributed by atoms with Crippen LogP contribution in [0.2, 0.25) is 0 Å². The highest BCUT2D eigenvalue weighted by Gasteiger charge is 2.56. The lowest BCUT2D eigenvalue weighted by atomic mass is 9.92. The van der Waals surface area contributed by atoms with Crippen LogP contribution in [0, 0.1) is 17.6 Å². The average molecular weight is 349 g/mol. The fraction of sp³-hybridized carbons (Fsp3) is 0.429. The van der Waals surface area contributed by atoms with Gasteiger partial charge in [0, 0.05) is 12.5 Å². The summed E-state index contributed by atoms with van der Waals surface area (Å²) in [6.07, 6.45) is 0.495. The van der Waals surface area contributed by atoms with Gasteiger partial charge in [0.2, 0.25) is 0 Å². The number of hydrogen-bond donors (Lipinski definition) is 1. The number of halogens is 4. The van der Waals surface area contributed by atoms with E-state index in [2.05, 4.69) is 5.32 Å². The van der Waals surface area contributed by atoms with E-state index >= 15 is 0 Å². The Morgan fingerprint density at radius 3 is 2.50 bits per heavy atom. The van der Waals surface area contributed by atoms with Crippen molar-refractivity contribution in [2.24, 2.45) is 5.92 Å². The quantitative estimate of drug-likeness (QED) is 0.674. The first kappa shape index (κ1) is 15.5. The molecule has 0 bridgehead atoms. The second-order valence-corrected chi connectivity index (χ2v) is 7.30. The van der Waals surface area contributed by atoms with Crippen LogP contribution < -0.4 is 5.32 Å². The molecule has 1 aromatic rings. The molecule has 8 heteroatoms. The Bertz CT molecular complexity index is 683. The van der Waals surface area contributed by atoms with Crippen LogP contribution in [0.3, 0.4) is 0 Å². The summed E-state index contributed by atoms with van der Waals surface area (Å²) in [7, 11) is 0. The lowest BCUT2D eigenvalue weighted by Gasteiger charge is -2.22. The molecule has 0 aromatic heterocycles. The lowest BCUT2D eigenvalue weighted by molar-refractivity contribution is -0.131. The second kappa shape index (κ2) is 4.80. The maximum atomic E-state index is 13.4. The molecule has 1 heterocycles. The van der Waals surface area contributed by atoms with Crippen LogP contribution in [-0.2, 0) is 10.3 Å². The van der Waals surface area contributed by atoms with Gasteiger partial charge in [0.1, 0.15) is 9.87 Å². The van der Waals surface area contributed by atoms with Crippen molar-refractivity contribution in [3.63, 3.8) is 0 Å². The van der Waals surface area contributed by atoms with E-state index < -0.39 is 33.4 Å². The molecule has 22 heavy (non-hydrogen) atoms. The third-order valence-electron chi connectivity index (χ3n) is 4.13. The molecule has 2 aliphatic rings. The van der Waals surface area contributed by atoms with E-state index in [0.29, 0.717) is 6.42 Å². The summed E-state index contributed by atoms with van der Waals surface area (Å²) in [5, 5.41) is 2.52.